The van der Waals surface area contributed by atoms with Gasteiger partial charge in [-0.15, -0.1) is 0 Å². The van der Waals surface area contributed by atoms with Gasteiger partial charge in [0, 0.05) is 48.9 Å². The van der Waals surface area contributed by atoms with E-state index < -0.39 is 0 Å². The van der Waals surface area contributed by atoms with Crippen molar-refractivity contribution < 1.29 is 4.74 Å². The Morgan fingerprint density at radius 2 is 1.88 bits per heavy atom. The normalized spacial score (nSPS) is 27.5. The van der Waals surface area contributed by atoms with Crippen LogP contribution >= 0.6 is 11.8 Å². The highest BCUT2D eigenvalue weighted by atomic mass is 32.2. The third-order valence-corrected chi connectivity index (χ3v) is 7.08. The first-order valence-electron chi connectivity index (χ1n) is 10.0. The summed E-state index contributed by atoms with van der Waals surface area (Å²) in [5.41, 5.74) is 0.218. The molecule has 0 atom stereocenters. The van der Waals surface area contributed by atoms with Crippen molar-refractivity contribution in [3.8, 4) is 0 Å². The summed E-state index contributed by atoms with van der Waals surface area (Å²) in [5.74, 6) is 2.30. The van der Waals surface area contributed by atoms with Gasteiger partial charge in [-0.2, -0.15) is 11.8 Å². The van der Waals surface area contributed by atoms with Crippen molar-refractivity contribution in [1.29, 1.82) is 0 Å². The van der Waals surface area contributed by atoms with E-state index in [1.807, 2.05) is 0 Å². The fourth-order valence-corrected chi connectivity index (χ4v) is 5.47. The number of aliphatic imine (C=N–C) groups is 1. The van der Waals surface area contributed by atoms with Crippen LogP contribution in [0.25, 0.3) is 0 Å². The molecule has 0 bridgehead atoms. The van der Waals surface area contributed by atoms with Crippen LogP contribution < -0.4 is 5.32 Å². The van der Waals surface area contributed by atoms with Crippen molar-refractivity contribution in [3.63, 3.8) is 0 Å². The monoisotopic (exact) mass is 368 g/mol. The zero-order chi connectivity index (χ0) is 17.8. The molecule has 0 unspecified atom stereocenters. The quantitative estimate of drug-likeness (QED) is 0.610. The van der Waals surface area contributed by atoms with Gasteiger partial charge in [-0.3, -0.25) is 9.89 Å². The number of hydrogen-bond donors (Lipinski definition) is 1. The zero-order valence-electron chi connectivity index (χ0n) is 16.4. The largest absolute Gasteiger partial charge is 0.381 e. The lowest BCUT2D eigenvalue weighted by molar-refractivity contribution is -0.0139. The van der Waals surface area contributed by atoms with Gasteiger partial charge in [0.15, 0.2) is 5.96 Å². The molecule has 0 spiro atoms. The number of ether oxygens (including phenoxy) is 1. The van der Waals surface area contributed by atoms with Crippen LogP contribution in [0, 0.1) is 0 Å². The second kappa shape index (κ2) is 8.49. The van der Waals surface area contributed by atoms with Crippen molar-refractivity contribution in [1.82, 2.24) is 15.1 Å². The molecule has 6 heteroatoms. The predicted octanol–water partition coefficient (Wildman–Crippen LogP) is 2.42. The zero-order valence-corrected chi connectivity index (χ0v) is 17.2. The molecule has 0 aromatic rings. The van der Waals surface area contributed by atoms with Gasteiger partial charge in [0.25, 0.3) is 0 Å². The van der Waals surface area contributed by atoms with Crippen LogP contribution in [-0.4, -0.2) is 84.3 Å². The van der Waals surface area contributed by atoms with Crippen molar-refractivity contribution in [2.45, 2.75) is 56.7 Å². The Balaban J connectivity index is 1.74. The molecule has 5 nitrogen and oxygen atoms in total. The van der Waals surface area contributed by atoms with Crippen LogP contribution in [0.15, 0.2) is 4.99 Å². The average molecular weight is 369 g/mol. The molecule has 0 amide bonds. The maximum absolute atomic E-state index is 5.68. The molecule has 3 rings (SSSR count). The smallest absolute Gasteiger partial charge is 0.194 e. The summed E-state index contributed by atoms with van der Waals surface area (Å²) in [7, 11) is 0. The standard InChI is InChI=1S/C19H36N4OS/c1-4-20-17(22-11-14-25-18(2,3)16-22)21-15-19(7-12-24-13-8-19)23-9-5-6-10-23/h4-16H2,1-3H3,(H,20,21). The molecule has 3 saturated heterocycles. The van der Waals surface area contributed by atoms with Gasteiger partial charge in [-0.1, -0.05) is 0 Å². The van der Waals surface area contributed by atoms with E-state index in [2.05, 4.69) is 47.6 Å². The summed E-state index contributed by atoms with van der Waals surface area (Å²) < 4.78 is 5.98. The second-order valence-electron chi connectivity index (χ2n) is 8.23. The number of hydrogen-bond acceptors (Lipinski definition) is 4. The summed E-state index contributed by atoms with van der Waals surface area (Å²) >= 11 is 2.08. The topological polar surface area (TPSA) is 40.1 Å². The number of likely N-dealkylation sites (tertiary alicyclic amines) is 1. The molecule has 1 N–H and O–H groups in total. The third-order valence-electron chi connectivity index (χ3n) is 5.78. The van der Waals surface area contributed by atoms with E-state index >= 15 is 0 Å². The van der Waals surface area contributed by atoms with Gasteiger partial charge in [0.1, 0.15) is 0 Å². The second-order valence-corrected chi connectivity index (χ2v) is 10.0. The summed E-state index contributed by atoms with van der Waals surface area (Å²) in [4.78, 5) is 10.3. The first-order chi connectivity index (χ1) is 12.0. The van der Waals surface area contributed by atoms with Crippen LogP contribution in [0.2, 0.25) is 0 Å². The minimum Gasteiger partial charge on any atom is -0.381 e. The highest BCUT2D eigenvalue weighted by Gasteiger charge is 2.40. The van der Waals surface area contributed by atoms with Crippen molar-refractivity contribution >= 4 is 17.7 Å². The average Bonchev–Trinajstić information content (AvgIpc) is 3.14. The lowest BCUT2D eigenvalue weighted by atomic mass is 9.88. The number of nitrogens with zero attached hydrogens (tertiary/aromatic N) is 3. The third kappa shape index (κ3) is 4.83. The highest BCUT2D eigenvalue weighted by Crippen LogP contribution is 2.32. The number of guanidine groups is 1. The van der Waals surface area contributed by atoms with Gasteiger partial charge < -0.3 is 15.0 Å². The molecular weight excluding hydrogens is 332 g/mol. The molecule has 3 aliphatic heterocycles. The molecule has 0 saturated carbocycles. The number of rotatable bonds is 4. The maximum Gasteiger partial charge on any atom is 0.194 e. The Kier molecular flexibility index (Phi) is 6.55. The molecule has 0 radical (unpaired) electrons. The van der Waals surface area contributed by atoms with Gasteiger partial charge >= 0.3 is 0 Å². The summed E-state index contributed by atoms with van der Waals surface area (Å²) in [5, 5.41) is 3.55. The van der Waals surface area contributed by atoms with E-state index in [0.29, 0.717) is 4.75 Å². The minimum absolute atomic E-state index is 0.218. The Morgan fingerprint density at radius 3 is 2.52 bits per heavy atom. The fourth-order valence-electron chi connectivity index (χ4n) is 4.36. The molecule has 3 fully saturated rings. The Bertz CT molecular complexity index is 456. The number of thioether (sulfide) groups is 1. The van der Waals surface area contributed by atoms with Crippen molar-refractivity contribution in [3.05, 3.63) is 0 Å². The fraction of sp³-hybridized carbons (Fsp3) is 0.947. The van der Waals surface area contributed by atoms with E-state index in [0.717, 1.165) is 58.2 Å². The van der Waals surface area contributed by atoms with E-state index in [9.17, 15) is 0 Å². The van der Waals surface area contributed by atoms with E-state index in [-0.39, 0.29) is 5.54 Å². The maximum atomic E-state index is 5.68. The van der Waals surface area contributed by atoms with Gasteiger partial charge in [0.2, 0.25) is 0 Å². The molecule has 0 aromatic heterocycles. The van der Waals surface area contributed by atoms with Gasteiger partial charge in [-0.25, -0.2) is 0 Å². The Morgan fingerprint density at radius 1 is 1.16 bits per heavy atom. The first kappa shape index (κ1) is 19.3. The lowest BCUT2D eigenvalue weighted by Gasteiger charge is -2.44. The molecule has 0 aromatic carbocycles. The van der Waals surface area contributed by atoms with Gasteiger partial charge in [0.05, 0.1) is 6.54 Å². The Hall–Kier alpha value is -0.460. The molecule has 3 aliphatic rings. The lowest BCUT2D eigenvalue weighted by Crippen LogP contribution is -2.55. The van der Waals surface area contributed by atoms with Crippen LogP contribution in [0.4, 0.5) is 0 Å². The Labute approximate surface area is 157 Å². The molecule has 25 heavy (non-hydrogen) atoms. The van der Waals surface area contributed by atoms with Crippen molar-refractivity contribution in [2.75, 3.05) is 58.2 Å². The van der Waals surface area contributed by atoms with E-state index in [1.165, 1.54) is 31.7 Å². The summed E-state index contributed by atoms with van der Waals surface area (Å²) in [6.45, 7) is 15.1. The van der Waals surface area contributed by atoms with E-state index in [4.69, 9.17) is 9.73 Å². The van der Waals surface area contributed by atoms with Crippen LogP contribution in [0.3, 0.4) is 0 Å². The molecular formula is C19H36N4OS. The van der Waals surface area contributed by atoms with E-state index in [1.54, 1.807) is 0 Å². The molecule has 144 valence electrons. The SMILES string of the molecule is CCNC(=NCC1(N2CCCC2)CCOCC1)N1CCSC(C)(C)C1. The molecule has 0 aliphatic carbocycles. The molecule has 3 heterocycles. The highest BCUT2D eigenvalue weighted by molar-refractivity contribution is 8.00. The van der Waals surface area contributed by atoms with Crippen LogP contribution in [-0.2, 0) is 4.74 Å². The first-order valence-corrected chi connectivity index (χ1v) is 11.0. The van der Waals surface area contributed by atoms with Crippen LogP contribution in [0.1, 0.15) is 46.5 Å². The van der Waals surface area contributed by atoms with Crippen LogP contribution in [0.5, 0.6) is 0 Å². The predicted molar refractivity (Wildman–Crippen MR) is 108 cm³/mol. The van der Waals surface area contributed by atoms with Gasteiger partial charge in [-0.05, 0) is 59.5 Å². The summed E-state index contributed by atoms with van der Waals surface area (Å²) in [6.07, 6.45) is 4.92. The van der Waals surface area contributed by atoms with Crippen molar-refractivity contribution in [2.24, 2.45) is 4.99 Å². The number of nitrogens with one attached hydrogen (secondary N) is 1. The minimum atomic E-state index is 0.218. The summed E-state index contributed by atoms with van der Waals surface area (Å²) in [6, 6.07) is 0.